The molecule has 1 aromatic heterocycles. The van der Waals surface area contributed by atoms with Crippen LogP contribution in [0, 0.1) is 0 Å². The molecule has 2 aromatic rings. The summed E-state index contributed by atoms with van der Waals surface area (Å²) in [6.07, 6.45) is 2.73. The van der Waals surface area contributed by atoms with Gasteiger partial charge in [0.05, 0.1) is 12.3 Å². The fourth-order valence-corrected chi connectivity index (χ4v) is 3.20. The van der Waals surface area contributed by atoms with E-state index in [1.54, 1.807) is 12.1 Å². The van der Waals surface area contributed by atoms with Gasteiger partial charge in [-0.15, -0.1) is 12.4 Å². The quantitative estimate of drug-likeness (QED) is 0.793. The maximum atomic E-state index is 12.7. The van der Waals surface area contributed by atoms with Gasteiger partial charge in [-0.05, 0) is 29.7 Å². The minimum Gasteiger partial charge on any atom is -0.459 e. The Kier molecular flexibility index (Phi) is 7.88. The Morgan fingerprint density at radius 2 is 2.04 bits per heavy atom. The summed E-state index contributed by atoms with van der Waals surface area (Å²) in [5, 5.41) is 6.09. The molecule has 1 saturated heterocycles. The van der Waals surface area contributed by atoms with Crippen LogP contribution in [0.25, 0.3) is 0 Å². The van der Waals surface area contributed by atoms with E-state index >= 15 is 0 Å². The van der Waals surface area contributed by atoms with Crippen LogP contribution in [-0.4, -0.2) is 42.9 Å². The van der Waals surface area contributed by atoms with Gasteiger partial charge >= 0.3 is 0 Å². The molecule has 7 heteroatoms. The van der Waals surface area contributed by atoms with E-state index in [4.69, 9.17) is 4.42 Å². The van der Waals surface area contributed by atoms with Gasteiger partial charge in [0.25, 0.3) is 5.91 Å². The molecular weight excluding hydrogens is 366 g/mol. The average Bonchev–Trinajstić information content (AvgIpc) is 3.23. The van der Waals surface area contributed by atoms with Crippen molar-refractivity contribution in [2.75, 3.05) is 26.2 Å². The van der Waals surface area contributed by atoms with E-state index in [9.17, 15) is 9.59 Å². The van der Waals surface area contributed by atoms with Gasteiger partial charge in [-0.2, -0.15) is 0 Å². The van der Waals surface area contributed by atoms with Crippen LogP contribution in [0.2, 0.25) is 0 Å². The molecule has 0 radical (unpaired) electrons. The number of furan rings is 1. The highest BCUT2D eigenvalue weighted by Gasteiger charge is 2.27. The normalized spacial score (nSPS) is 16.5. The second kappa shape index (κ2) is 10.1. The lowest BCUT2D eigenvalue weighted by Crippen LogP contribution is -2.49. The largest absolute Gasteiger partial charge is 0.459 e. The van der Waals surface area contributed by atoms with E-state index in [1.165, 1.54) is 11.8 Å². The van der Waals surface area contributed by atoms with Crippen molar-refractivity contribution in [3.05, 3.63) is 59.5 Å². The van der Waals surface area contributed by atoms with Crippen molar-refractivity contribution in [1.29, 1.82) is 0 Å². The third-order valence-electron chi connectivity index (χ3n) is 4.71. The molecule has 1 aromatic carbocycles. The first kappa shape index (κ1) is 21.0. The van der Waals surface area contributed by atoms with Gasteiger partial charge in [0.2, 0.25) is 5.91 Å². The standard InChI is InChI=1S/C20H25N3O3.ClH/c1-2-15-5-7-16(8-6-15)17-14-21-11-12-23(17)19(24)9-10-22-20(25)18-4-3-13-26-18;/h3-8,13,17,21H,2,9-12,14H2,1H3,(H,22,25);1H. The number of carbonyl (C=O) groups is 2. The summed E-state index contributed by atoms with van der Waals surface area (Å²) in [5.74, 6) is 0.0131. The molecule has 1 aliphatic rings. The van der Waals surface area contributed by atoms with Crippen LogP contribution in [0.5, 0.6) is 0 Å². The predicted octanol–water partition coefficient (Wildman–Crippen LogP) is 2.56. The number of nitrogens with zero attached hydrogens (tertiary/aromatic N) is 1. The molecular formula is C20H26ClN3O3. The summed E-state index contributed by atoms with van der Waals surface area (Å²) in [7, 11) is 0. The fraction of sp³-hybridized carbons (Fsp3) is 0.400. The molecule has 6 nitrogen and oxygen atoms in total. The van der Waals surface area contributed by atoms with Gasteiger partial charge in [0.15, 0.2) is 5.76 Å². The van der Waals surface area contributed by atoms with E-state index < -0.39 is 0 Å². The number of rotatable bonds is 6. The highest BCUT2D eigenvalue weighted by Crippen LogP contribution is 2.23. The SMILES string of the molecule is CCc1ccc(C2CNCCN2C(=O)CCNC(=O)c2ccco2)cc1.Cl. The molecule has 27 heavy (non-hydrogen) atoms. The lowest BCUT2D eigenvalue weighted by atomic mass is 10.0. The zero-order chi connectivity index (χ0) is 18.4. The van der Waals surface area contributed by atoms with Gasteiger partial charge in [-0.1, -0.05) is 31.2 Å². The van der Waals surface area contributed by atoms with Crippen molar-refractivity contribution < 1.29 is 14.0 Å². The fourth-order valence-electron chi connectivity index (χ4n) is 3.20. The van der Waals surface area contributed by atoms with E-state index in [2.05, 4.69) is 41.8 Å². The lowest BCUT2D eigenvalue weighted by molar-refractivity contribution is -0.134. The monoisotopic (exact) mass is 391 g/mol. The van der Waals surface area contributed by atoms with E-state index in [0.29, 0.717) is 13.1 Å². The van der Waals surface area contributed by atoms with E-state index in [-0.39, 0.29) is 42.4 Å². The van der Waals surface area contributed by atoms with Crippen molar-refractivity contribution in [2.45, 2.75) is 25.8 Å². The Morgan fingerprint density at radius 1 is 1.26 bits per heavy atom. The number of piperazine rings is 1. The van der Waals surface area contributed by atoms with Gasteiger partial charge in [-0.25, -0.2) is 0 Å². The summed E-state index contributed by atoms with van der Waals surface area (Å²) >= 11 is 0. The van der Waals surface area contributed by atoms with Crippen LogP contribution in [-0.2, 0) is 11.2 Å². The number of amides is 2. The Morgan fingerprint density at radius 3 is 2.70 bits per heavy atom. The van der Waals surface area contributed by atoms with Crippen LogP contribution in [0.1, 0.15) is 41.1 Å². The lowest BCUT2D eigenvalue weighted by Gasteiger charge is -2.36. The van der Waals surface area contributed by atoms with Crippen LogP contribution >= 0.6 is 12.4 Å². The smallest absolute Gasteiger partial charge is 0.286 e. The number of hydrogen-bond donors (Lipinski definition) is 2. The molecule has 0 saturated carbocycles. The Hall–Kier alpha value is -2.31. The Labute approximate surface area is 165 Å². The molecule has 2 heterocycles. The maximum Gasteiger partial charge on any atom is 0.286 e. The highest BCUT2D eigenvalue weighted by molar-refractivity contribution is 5.91. The zero-order valence-electron chi connectivity index (χ0n) is 15.4. The first-order valence-electron chi connectivity index (χ1n) is 9.09. The van der Waals surface area contributed by atoms with Gasteiger partial charge in [-0.3, -0.25) is 9.59 Å². The van der Waals surface area contributed by atoms with Crippen LogP contribution in [0.3, 0.4) is 0 Å². The summed E-state index contributed by atoms with van der Waals surface area (Å²) in [6.45, 7) is 4.63. The first-order chi connectivity index (χ1) is 12.7. The van der Waals surface area contributed by atoms with Crippen molar-refractivity contribution in [3.8, 4) is 0 Å². The molecule has 2 N–H and O–H groups in total. The number of aryl methyl sites for hydroxylation is 1. The molecule has 0 aliphatic carbocycles. The van der Waals surface area contributed by atoms with Crippen LogP contribution in [0.4, 0.5) is 0 Å². The minimum absolute atomic E-state index is 0. The second-order valence-electron chi connectivity index (χ2n) is 6.39. The summed E-state index contributed by atoms with van der Waals surface area (Å²) in [6, 6.07) is 11.7. The molecule has 1 atom stereocenters. The number of hydrogen-bond acceptors (Lipinski definition) is 4. The van der Waals surface area contributed by atoms with Gasteiger partial charge in [0.1, 0.15) is 0 Å². The molecule has 0 spiro atoms. The second-order valence-corrected chi connectivity index (χ2v) is 6.39. The molecule has 3 rings (SSSR count). The average molecular weight is 392 g/mol. The maximum absolute atomic E-state index is 12.7. The first-order valence-corrected chi connectivity index (χ1v) is 9.09. The van der Waals surface area contributed by atoms with E-state index in [0.717, 1.165) is 25.1 Å². The zero-order valence-corrected chi connectivity index (χ0v) is 16.3. The number of benzene rings is 1. The molecule has 1 fully saturated rings. The molecule has 1 unspecified atom stereocenters. The van der Waals surface area contributed by atoms with Crippen molar-refractivity contribution >= 4 is 24.2 Å². The number of carbonyl (C=O) groups excluding carboxylic acids is 2. The summed E-state index contributed by atoms with van der Waals surface area (Å²) in [5.41, 5.74) is 2.43. The predicted molar refractivity (Wildman–Crippen MR) is 106 cm³/mol. The number of halogens is 1. The van der Waals surface area contributed by atoms with Gasteiger partial charge in [0, 0.05) is 32.6 Å². The Bertz CT molecular complexity index is 731. The third kappa shape index (κ3) is 5.34. The van der Waals surface area contributed by atoms with Crippen molar-refractivity contribution in [1.82, 2.24) is 15.5 Å². The van der Waals surface area contributed by atoms with Crippen LogP contribution in [0.15, 0.2) is 47.1 Å². The minimum atomic E-state index is -0.296. The van der Waals surface area contributed by atoms with Gasteiger partial charge < -0.3 is 20.0 Å². The Balaban J connectivity index is 0.00000261. The third-order valence-corrected chi connectivity index (χ3v) is 4.71. The van der Waals surface area contributed by atoms with Crippen molar-refractivity contribution in [3.63, 3.8) is 0 Å². The van der Waals surface area contributed by atoms with E-state index in [1.807, 2.05) is 4.90 Å². The topological polar surface area (TPSA) is 74.6 Å². The van der Waals surface area contributed by atoms with Crippen molar-refractivity contribution in [2.24, 2.45) is 0 Å². The highest BCUT2D eigenvalue weighted by atomic mass is 35.5. The molecule has 1 aliphatic heterocycles. The molecule has 0 bridgehead atoms. The summed E-state index contributed by atoms with van der Waals surface area (Å²) < 4.78 is 5.05. The summed E-state index contributed by atoms with van der Waals surface area (Å²) in [4.78, 5) is 26.5. The molecule has 146 valence electrons. The van der Waals surface area contributed by atoms with Crippen LogP contribution < -0.4 is 10.6 Å². The number of nitrogens with one attached hydrogen (secondary N) is 2. The molecule has 2 amide bonds.